The highest BCUT2D eigenvalue weighted by molar-refractivity contribution is 7.23. The van der Waals surface area contributed by atoms with E-state index in [1.165, 1.54) is 23.5 Å². The van der Waals surface area contributed by atoms with E-state index in [1.54, 1.807) is 10.6 Å². The Hall–Kier alpha value is -1.56. The van der Waals surface area contributed by atoms with Crippen LogP contribution in [0.15, 0.2) is 18.2 Å². The number of tetrazole rings is 1. The van der Waals surface area contributed by atoms with E-state index in [2.05, 4.69) is 15.5 Å². The van der Waals surface area contributed by atoms with Gasteiger partial charge in [-0.25, -0.2) is 4.39 Å². The van der Waals surface area contributed by atoms with Crippen LogP contribution >= 0.6 is 11.3 Å². The average Bonchev–Trinajstić information content (AvgIpc) is 2.62. The first-order chi connectivity index (χ1) is 6.34. The molecule has 13 heavy (non-hydrogen) atoms. The van der Waals surface area contributed by atoms with Crippen LogP contribution in [-0.2, 0) is 0 Å². The fraction of sp³-hybridized carbons (Fsp3) is 0. The van der Waals surface area contributed by atoms with Crippen LogP contribution < -0.4 is 0 Å². The van der Waals surface area contributed by atoms with Crippen molar-refractivity contribution >= 4 is 26.5 Å². The standard InChI is InChI=1S/C7H3FN4S/c8-4-1-2-5-6(3-4)13-7-9-10-11-12(5)7/h1-3H. The molecule has 3 aromatic rings. The zero-order valence-corrected chi connectivity index (χ0v) is 7.12. The number of aromatic nitrogens is 4. The molecular formula is C7H3FN4S. The van der Waals surface area contributed by atoms with E-state index < -0.39 is 0 Å². The summed E-state index contributed by atoms with van der Waals surface area (Å²) in [7, 11) is 0. The smallest absolute Gasteiger partial charge is 0.207 e. The molecule has 64 valence electrons. The number of thiazole rings is 1. The lowest BCUT2D eigenvalue weighted by Gasteiger charge is -1.87. The first kappa shape index (κ1) is 6.90. The molecule has 0 aliphatic heterocycles. The molecule has 0 bridgehead atoms. The molecule has 0 aliphatic rings. The van der Waals surface area contributed by atoms with Crippen molar-refractivity contribution in [2.24, 2.45) is 0 Å². The largest absolute Gasteiger partial charge is 0.235 e. The maximum Gasteiger partial charge on any atom is 0.235 e. The summed E-state index contributed by atoms with van der Waals surface area (Å²) in [6, 6.07) is 4.54. The van der Waals surface area contributed by atoms with Crippen LogP contribution in [0.3, 0.4) is 0 Å². The molecule has 3 rings (SSSR count). The monoisotopic (exact) mass is 194 g/mol. The number of halogens is 1. The molecule has 1 aromatic carbocycles. The maximum atomic E-state index is 12.8. The Balaban J connectivity index is 2.59. The van der Waals surface area contributed by atoms with Gasteiger partial charge >= 0.3 is 0 Å². The number of hydrogen-bond donors (Lipinski definition) is 0. The van der Waals surface area contributed by atoms with Crippen molar-refractivity contribution in [3.8, 4) is 0 Å². The molecule has 0 spiro atoms. The predicted molar refractivity (Wildman–Crippen MR) is 46.1 cm³/mol. The molecule has 2 aromatic heterocycles. The molecule has 0 atom stereocenters. The van der Waals surface area contributed by atoms with Crippen LogP contribution in [0.5, 0.6) is 0 Å². The second-order valence-electron chi connectivity index (χ2n) is 2.59. The number of nitrogens with zero attached hydrogens (tertiary/aromatic N) is 4. The molecule has 4 nitrogen and oxygen atoms in total. The van der Waals surface area contributed by atoms with Gasteiger partial charge in [0.15, 0.2) is 0 Å². The summed E-state index contributed by atoms with van der Waals surface area (Å²) in [4.78, 5) is 0.681. The van der Waals surface area contributed by atoms with Crippen molar-refractivity contribution in [2.75, 3.05) is 0 Å². The van der Waals surface area contributed by atoms with Crippen molar-refractivity contribution in [3.05, 3.63) is 24.0 Å². The van der Waals surface area contributed by atoms with Crippen LogP contribution in [0.1, 0.15) is 0 Å². The molecule has 0 radical (unpaired) electrons. The minimum Gasteiger partial charge on any atom is -0.207 e. The van der Waals surface area contributed by atoms with E-state index in [1.807, 2.05) is 0 Å². The predicted octanol–water partition coefficient (Wildman–Crippen LogP) is 1.48. The Bertz CT molecular complexity index is 584. The molecular weight excluding hydrogens is 191 g/mol. The van der Waals surface area contributed by atoms with Gasteiger partial charge in [0.05, 0.1) is 10.2 Å². The highest BCUT2D eigenvalue weighted by Crippen LogP contribution is 2.24. The third-order valence-corrected chi connectivity index (χ3v) is 2.78. The van der Waals surface area contributed by atoms with Gasteiger partial charge in [-0.2, -0.15) is 4.52 Å². The van der Waals surface area contributed by atoms with Gasteiger partial charge < -0.3 is 0 Å². The van der Waals surface area contributed by atoms with Crippen molar-refractivity contribution in [1.29, 1.82) is 0 Å². The maximum absolute atomic E-state index is 12.8. The number of hydrogen-bond acceptors (Lipinski definition) is 4. The third kappa shape index (κ3) is 0.858. The summed E-state index contributed by atoms with van der Waals surface area (Å²) in [5.74, 6) is -0.245. The molecule has 0 N–H and O–H groups in total. The van der Waals surface area contributed by atoms with Crippen molar-refractivity contribution in [2.45, 2.75) is 0 Å². The summed E-state index contributed by atoms with van der Waals surface area (Å²) in [5.41, 5.74) is 0.839. The Kier molecular flexibility index (Phi) is 1.18. The summed E-state index contributed by atoms with van der Waals surface area (Å²) in [5, 5.41) is 11.1. The summed E-state index contributed by atoms with van der Waals surface area (Å²) < 4.78 is 15.2. The van der Waals surface area contributed by atoms with Crippen LogP contribution in [0.4, 0.5) is 4.39 Å². The van der Waals surface area contributed by atoms with Gasteiger partial charge in [-0.3, -0.25) is 0 Å². The van der Waals surface area contributed by atoms with Crippen molar-refractivity contribution in [1.82, 2.24) is 20.0 Å². The highest BCUT2D eigenvalue weighted by Gasteiger charge is 2.07. The van der Waals surface area contributed by atoms with Gasteiger partial charge in [0.1, 0.15) is 5.82 Å². The average molecular weight is 194 g/mol. The first-order valence-electron chi connectivity index (χ1n) is 3.61. The molecule has 0 saturated carbocycles. The van der Waals surface area contributed by atoms with Crippen molar-refractivity contribution in [3.63, 3.8) is 0 Å². The van der Waals surface area contributed by atoms with Crippen LogP contribution in [0.25, 0.3) is 15.2 Å². The van der Waals surface area contributed by atoms with E-state index in [-0.39, 0.29) is 5.82 Å². The Labute approximate surface area is 75.6 Å². The van der Waals surface area contributed by atoms with Gasteiger partial charge in [0, 0.05) is 0 Å². The topological polar surface area (TPSA) is 43.1 Å². The summed E-state index contributed by atoms with van der Waals surface area (Å²) >= 11 is 1.37. The zero-order chi connectivity index (χ0) is 8.84. The minimum absolute atomic E-state index is 0.245. The van der Waals surface area contributed by atoms with Crippen LogP contribution in [0.2, 0.25) is 0 Å². The van der Waals surface area contributed by atoms with Gasteiger partial charge in [-0.15, -0.1) is 0 Å². The highest BCUT2D eigenvalue weighted by atomic mass is 32.1. The van der Waals surface area contributed by atoms with Crippen molar-refractivity contribution < 1.29 is 4.39 Å². The second kappa shape index (κ2) is 2.23. The molecule has 0 unspecified atom stereocenters. The van der Waals surface area contributed by atoms with Gasteiger partial charge in [0.2, 0.25) is 4.96 Å². The Morgan fingerprint density at radius 1 is 1.38 bits per heavy atom. The number of benzene rings is 1. The van der Waals surface area contributed by atoms with E-state index in [9.17, 15) is 4.39 Å². The van der Waals surface area contributed by atoms with Crippen LogP contribution in [-0.4, -0.2) is 20.0 Å². The lowest BCUT2D eigenvalue weighted by Crippen LogP contribution is -1.83. The fourth-order valence-corrected chi connectivity index (χ4v) is 2.16. The molecule has 0 fully saturated rings. The van der Waals surface area contributed by atoms with E-state index in [0.717, 1.165) is 10.2 Å². The molecule has 0 amide bonds. The quantitative estimate of drug-likeness (QED) is 0.544. The molecule has 6 heteroatoms. The minimum atomic E-state index is -0.245. The fourth-order valence-electron chi connectivity index (χ4n) is 1.24. The van der Waals surface area contributed by atoms with E-state index >= 15 is 0 Å². The van der Waals surface area contributed by atoms with Gasteiger partial charge in [-0.05, 0) is 28.6 Å². The SMILES string of the molecule is Fc1ccc2c(c1)sc1nnnn12. The van der Waals surface area contributed by atoms with Gasteiger partial charge in [-0.1, -0.05) is 16.4 Å². The molecule has 2 heterocycles. The lowest BCUT2D eigenvalue weighted by atomic mass is 10.3. The van der Waals surface area contributed by atoms with Gasteiger partial charge in [0.25, 0.3) is 0 Å². The normalized spacial score (nSPS) is 11.5. The summed E-state index contributed by atoms with van der Waals surface area (Å²) in [6.45, 7) is 0. The van der Waals surface area contributed by atoms with E-state index in [4.69, 9.17) is 0 Å². The number of rotatable bonds is 0. The molecule has 0 saturated heterocycles. The van der Waals surface area contributed by atoms with Crippen LogP contribution in [0, 0.1) is 5.82 Å². The molecule has 0 aliphatic carbocycles. The zero-order valence-electron chi connectivity index (χ0n) is 6.31. The Morgan fingerprint density at radius 3 is 3.23 bits per heavy atom. The Morgan fingerprint density at radius 2 is 2.31 bits per heavy atom. The first-order valence-corrected chi connectivity index (χ1v) is 4.42. The van der Waals surface area contributed by atoms with E-state index in [0.29, 0.717) is 4.96 Å². The number of fused-ring (bicyclic) bond motifs is 3. The summed E-state index contributed by atoms with van der Waals surface area (Å²) in [6.07, 6.45) is 0. The lowest BCUT2D eigenvalue weighted by molar-refractivity contribution is 0.629. The second-order valence-corrected chi connectivity index (χ2v) is 3.60. The third-order valence-electron chi connectivity index (χ3n) is 1.79.